The van der Waals surface area contributed by atoms with Crippen molar-refractivity contribution in [1.82, 2.24) is 0 Å². The molecule has 0 unspecified atom stereocenters. The van der Waals surface area contributed by atoms with Crippen molar-refractivity contribution in [3.05, 3.63) is 48.5 Å². The molecule has 2 aromatic carbocycles. The third-order valence-electron chi connectivity index (χ3n) is 5.04. The van der Waals surface area contributed by atoms with Crippen LogP contribution < -0.4 is 20.1 Å². The van der Waals surface area contributed by atoms with E-state index >= 15 is 0 Å². The zero-order valence-electron chi connectivity index (χ0n) is 17.8. The van der Waals surface area contributed by atoms with Crippen LogP contribution >= 0.6 is 0 Å². The molecule has 0 saturated carbocycles. The van der Waals surface area contributed by atoms with Crippen LogP contribution in [0.1, 0.15) is 53.4 Å². The Morgan fingerprint density at radius 1 is 0.571 bits per heavy atom. The van der Waals surface area contributed by atoms with Crippen molar-refractivity contribution in [2.75, 3.05) is 23.8 Å². The molecule has 0 spiro atoms. The van der Waals surface area contributed by atoms with Gasteiger partial charge in [0.2, 0.25) is 0 Å². The van der Waals surface area contributed by atoms with Crippen molar-refractivity contribution in [2.45, 2.75) is 65.5 Å². The maximum Gasteiger partial charge on any atom is 0.122 e. The summed E-state index contributed by atoms with van der Waals surface area (Å²) in [6.07, 6.45) is 4.50. The van der Waals surface area contributed by atoms with E-state index in [-0.39, 0.29) is 0 Å². The first-order valence-electron chi connectivity index (χ1n) is 10.7. The monoisotopic (exact) mass is 384 g/mol. The lowest BCUT2D eigenvalue weighted by atomic mass is 10.1. The third-order valence-corrected chi connectivity index (χ3v) is 5.04. The molecule has 0 aromatic heterocycles. The topological polar surface area (TPSA) is 42.5 Å². The summed E-state index contributed by atoms with van der Waals surface area (Å²) in [6.45, 7) is 9.86. The van der Waals surface area contributed by atoms with Gasteiger partial charge in [0.05, 0.1) is 0 Å². The van der Waals surface area contributed by atoms with Crippen LogP contribution in [0.3, 0.4) is 0 Å². The van der Waals surface area contributed by atoms with Crippen LogP contribution in [0.25, 0.3) is 0 Å². The summed E-state index contributed by atoms with van der Waals surface area (Å²) in [5.41, 5.74) is 2.28. The summed E-state index contributed by atoms with van der Waals surface area (Å²) in [7, 11) is 0. The van der Waals surface area contributed by atoms with Crippen molar-refractivity contribution in [1.29, 1.82) is 0 Å². The Bertz CT molecular complexity index is 588. The molecule has 28 heavy (non-hydrogen) atoms. The predicted octanol–water partition coefficient (Wildman–Crippen LogP) is 6.35. The molecule has 0 aliphatic carbocycles. The minimum absolute atomic E-state index is 0.521. The maximum atomic E-state index is 5.78. The summed E-state index contributed by atoms with van der Waals surface area (Å²) in [5, 5.41) is 7.07. The van der Waals surface area contributed by atoms with Gasteiger partial charge in [0.15, 0.2) is 0 Å². The highest BCUT2D eigenvalue weighted by Gasteiger charge is 2.04. The summed E-state index contributed by atoms with van der Waals surface area (Å²) in [6, 6.07) is 17.3. The molecule has 0 heterocycles. The van der Waals surface area contributed by atoms with E-state index in [0.29, 0.717) is 25.3 Å². The molecule has 4 heteroatoms. The number of rotatable bonds is 13. The second-order valence-corrected chi connectivity index (χ2v) is 7.06. The number of benzene rings is 2. The van der Waals surface area contributed by atoms with Crippen LogP contribution in [0.2, 0.25) is 0 Å². The molecule has 154 valence electrons. The van der Waals surface area contributed by atoms with Gasteiger partial charge in [-0.1, -0.05) is 27.7 Å². The minimum Gasteiger partial charge on any atom is -0.490 e. The van der Waals surface area contributed by atoms with E-state index < -0.39 is 0 Å². The number of hydrogen-bond acceptors (Lipinski definition) is 4. The zero-order chi connectivity index (χ0) is 20.2. The average Bonchev–Trinajstić information content (AvgIpc) is 2.75. The number of nitrogens with one attached hydrogen (secondary N) is 2. The largest absolute Gasteiger partial charge is 0.490 e. The molecule has 0 atom stereocenters. The van der Waals surface area contributed by atoms with Crippen molar-refractivity contribution in [3.8, 4) is 11.5 Å². The lowest BCUT2D eigenvalue weighted by Gasteiger charge is -2.17. The van der Waals surface area contributed by atoms with Crippen molar-refractivity contribution in [3.63, 3.8) is 0 Å². The second kappa shape index (κ2) is 12.2. The van der Waals surface area contributed by atoms with E-state index in [0.717, 1.165) is 48.6 Å². The van der Waals surface area contributed by atoms with Gasteiger partial charge in [0.25, 0.3) is 0 Å². The fraction of sp³-hybridized carbons (Fsp3) is 0.500. The summed E-state index contributed by atoms with van der Waals surface area (Å²) < 4.78 is 11.6. The number of hydrogen-bond donors (Lipinski definition) is 2. The second-order valence-electron chi connectivity index (χ2n) is 7.06. The van der Waals surface area contributed by atoms with Gasteiger partial charge in [0.1, 0.15) is 24.7 Å². The van der Waals surface area contributed by atoms with Gasteiger partial charge < -0.3 is 20.1 Å². The molecular weight excluding hydrogens is 348 g/mol. The van der Waals surface area contributed by atoms with Gasteiger partial charge >= 0.3 is 0 Å². The third kappa shape index (κ3) is 7.34. The molecule has 0 amide bonds. The first kappa shape index (κ1) is 21.9. The fourth-order valence-electron chi connectivity index (χ4n) is 3.07. The van der Waals surface area contributed by atoms with Crippen molar-refractivity contribution in [2.24, 2.45) is 0 Å². The molecule has 0 fully saturated rings. The fourth-order valence-corrected chi connectivity index (χ4v) is 3.07. The van der Waals surface area contributed by atoms with E-state index in [9.17, 15) is 0 Å². The minimum atomic E-state index is 0.521. The molecule has 2 aromatic rings. The summed E-state index contributed by atoms with van der Waals surface area (Å²) in [4.78, 5) is 0. The lowest BCUT2D eigenvalue weighted by molar-refractivity contribution is 0.217. The van der Waals surface area contributed by atoms with E-state index in [4.69, 9.17) is 9.47 Å². The smallest absolute Gasteiger partial charge is 0.122 e. The molecular formula is C24H36N2O2. The van der Waals surface area contributed by atoms with Crippen LogP contribution in [0.4, 0.5) is 11.4 Å². The van der Waals surface area contributed by atoms with Crippen LogP contribution in [-0.2, 0) is 0 Å². The predicted molar refractivity (Wildman–Crippen MR) is 120 cm³/mol. The molecule has 0 bridgehead atoms. The van der Waals surface area contributed by atoms with Gasteiger partial charge in [-0.2, -0.15) is 0 Å². The van der Waals surface area contributed by atoms with Crippen LogP contribution in [-0.4, -0.2) is 25.3 Å². The normalized spacial score (nSPS) is 10.9. The first-order chi connectivity index (χ1) is 13.7. The van der Waals surface area contributed by atoms with Crippen LogP contribution in [0, 0.1) is 0 Å². The Hall–Kier alpha value is -2.36. The molecule has 0 saturated heterocycles. The van der Waals surface area contributed by atoms with Gasteiger partial charge in [0, 0.05) is 23.5 Å². The Morgan fingerprint density at radius 2 is 0.893 bits per heavy atom. The highest BCUT2D eigenvalue weighted by molar-refractivity contribution is 5.47. The van der Waals surface area contributed by atoms with E-state index in [1.165, 1.54) is 0 Å². The first-order valence-corrected chi connectivity index (χ1v) is 10.7. The van der Waals surface area contributed by atoms with E-state index in [1.807, 2.05) is 24.3 Å². The quantitative estimate of drug-likeness (QED) is 0.395. The SMILES string of the molecule is CCC(CC)Nc1ccc(OCCOc2ccc(NC(CC)CC)cc2)cc1. The zero-order valence-corrected chi connectivity index (χ0v) is 17.8. The van der Waals surface area contributed by atoms with Crippen LogP contribution in [0.5, 0.6) is 11.5 Å². The van der Waals surface area contributed by atoms with Gasteiger partial charge in [-0.3, -0.25) is 0 Å². The molecule has 0 aliphatic heterocycles. The molecule has 0 aliphatic rings. The maximum absolute atomic E-state index is 5.78. The Morgan fingerprint density at radius 3 is 1.18 bits per heavy atom. The van der Waals surface area contributed by atoms with Gasteiger partial charge in [-0.05, 0) is 74.2 Å². The number of anilines is 2. The highest BCUT2D eigenvalue weighted by Crippen LogP contribution is 2.19. The Balaban J connectivity index is 1.71. The summed E-state index contributed by atoms with van der Waals surface area (Å²) in [5.74, 6) is 1.73. The molecule has 4 nitrogen and oxygen atoms in total. The Labute approximate surface area is 170 Å². The van der Waals surface area contributed by atoms with Crippen molar-refractivity contribution < 1.29 is 9.47 Å². The standard InChI is InChI=1S/C24H36N2O2/c1-5-19(6-2)25-21-9-13-23(14-10-21)27-17-18-28-24-15-11-22(12-16-24)26-20(7-3)8-4/h9-16,19-20,25-26H,5-8,17-18H2,1-4H3. The lowest BCUT2D eigenvalue weighted by Crippen LogP contribution is -2.16. The van der Waals surface area contributed by atoms with Crippen molar-refractivity contribution >= 4 is 11.4 Å². The highest BCUT2D eigenvalue weighted by atomic mass is 16.5. The molecule has 2 rings (SSSR count). The Kier molecular flexibility index (Phi) is 9.53. The molecule has 2 N–H and O–H groups in total. The van der Waals surface area contributed by atoms with E-state index in [2.05, 4.69) is 62.6 Å². The van der Waals surface area contributed by atoms with Gasteiger partial charge in [-0.15, -0.1) is 0 Å². The van der Waals surface area contributed by atoms with Gasteiger partial charge in [-0.25, -0.2) is 0 Å². The molecule has 0 radical (unpaired) electrons. The van der Waals surface area contributed by atoms with E-state index in [1.54, 1.807) is 0 Å². The number of ether oxygens (including phenoxy) is 2. The average molecular weight is 385 g/mol. The summed E-state index contributed by atoms with van der Waals surface area (Å²) >= 11 is 0. The van der Waals surface area contributed by atoms with Crippen LogP contribution in [0.15, 0.2) is 48.5 Å².